The predicted molar refractivity (Wildman–Crippen MR) is 130 cm³/mol. The first-order chi connectivity index (χ1) is 15.7. The lowest BCUT2D eigenvalue weighted by Crippen LogP contribution is -2.26. The molecule has 1 aromatic carbocycles. The molecule has 0 heterocycles. The molecule has 0 aliphatic heterocycles. The Kier molecular flexibility index (Phi) is 13.1. The quantitative estimate of drug-likeness (QED) is 0.181. The van der Waals surface area contributed by atoms with Crippen LogP contribution in [0.2, 0.25) is 0 Å². The molecule has 0 N–H and O–H groups in total. The predicted octanol–water partition coefficient (Wildman–Crippen LogP) is 7.82. The molecule has 1 aliphatic carbocycles. The van der Waals surface area contributed by atoms with Crippen molar-refractivity contribution in [3.8, 4) is 0 Å². The molecule has 0 aromatic heterocycles. The first kappa shape index (κ1) is 26.4. The van der Waals surface area contributed by atoms with Gasteiger partial charge in [0.2, 0.25) is 0 Å². The molecule has 0 radical (unpaired) electrons. The van der Waals surface area contributed by atoms with E-state index in [2.05, 4.69) is 13.8 Å². The van der Waals surface area contributed by atoms with Crippen molar-refractivity contribution < 1.29 is 19.1 Å². The van der Waals surface area contributed by atoms with Crippen molar-refractivity contribution in [1.82, 2.24) is 0 Å². The SMILES string of the molecule is CCCCCCCCOC(=O)c1c(CCCCCCCC)cccc1C(=O)OC1CCC1. The summed E-state index contributed by atoms with van der Waals surface area (Å²) in [6.07, 6.45) is 17.7. The molecule has 2 rings (SSSR count). The molecule has 0 amide bonds. The Balaban J connectivity index is 1.98. The van der Waals surface area contributed by atoms with E-state index in [1.54, 1.807) is 6.07 Å². The first-order valence-electron chi connectivity index (χ1n) is 13.2. The highest BCUT2D eigenvalue weighted by Crippen LogP contribution is 2.26. The van der Waals surface area contributed by atoms with Crippen LogP contribution in [0.5, 0.6) is 0 Å². The average molecular weight is 445 g/mol. The van der Waals surface area contributed by atoms with Crippen LogP contribution in [0.1, 0.15) is 136 Å². The molecule has 0 atom stereocenters. The van der Waals surface area contributed by atoms with Crippen molar-refractivity contribution >= 4 is 11.9 Å². The van der Waals surface area contributed by atoms with Crippen molar-refractivity contribution in [2.24, 2.45) is 0 Å². The minimum Gasteiger partial charge on any atom is -0.462 e. The van der Waals surface area contributed by atoms with Gasteiger partial charge in [-0.05, 0) is 50.2 Å². The van der Waals surface area contributed by atoms with Crippen LogP contribution in [0.4, 0.5) is 0 Å². The average Bonchev–Trinajstić information content (AvgIpc) is 2.77. The summed E-state index contributed by atoms with van der Waals surface area (Å²) in [6, 6.07) is 5.55. The summed E-state index contributed by atoms with van der Waals surface area (Å²) in [7, 11) is 0. The molecule has 32 heavy (non-hydrogen) atoms. The Morgan fingerprint density at radius 1 is 0.812 bits per heavy atom. The molecule has 1 fully saturated rings. The van der Waals surface area contributed by atoms with Gasteiger partial charge in [-0.2, -0.15) is 0 Å². The lowest BCUT2D eigenvalue weighted by atomic mass is 9.94. The topological polar surface area (TPSA) is 52.6 Å². The fourth-order valence-electron chi connectivity index (χ4n) is 4.14. The highest BCUT2D eigenvalue weighted by Gasteiger charge is 2.27. The van der Waals surface area contributed by atoms with Gasteiger partial charge in [-0.15, -0.1) is 0 Å². The fourth-order valence-corrected chi connectivity index (χ4v) is 4.14. The van der Waals surface area contributed by atoms with Gasteiger partial charge in [0.05, 0.1) is 17.7 Å². The molecule has 1 saturated carbocycles. The number of benzene rings is 1. The summed E-state index contributed by atoms with van der Waals surface area (Å²) in [5, 5.41) is 0. The summed E-state index contributed by atoms with van der Waals surface area (Å²) in [5.74, 6) is -0.758. The summed E-state index contributed by atoms with van der Waals surface area (Å²) < 4.78 is 11.2. The molecular formula is C28H44O4. The second-order valence-corrected chi connectivity index (χ2v) is 9.22. The third kappa shape index (κ3) is 9.34. The van der Waals surface area contributed by atoms with E-state index in [1.807, 2.05) is 12.1 Å². The Morgan fingerprint density at radius 3 is 2.06 bits per heavy atom. The Hall–Kier alpha value is -1.84. The lowest BCUT2D eigenvalue weighted by Gasteiger charge is -2.25. The van der Waals surface area contributed by atoms with Gasteiger partial charge in [0, 0.05) is 0 Å². The van der Waals surface area contributed by atoms with Crippen LogP contribution in [-0.4, -0.2) is 24.6 Å². The van der Waals surface area contributed by atoms with Crippen molar-refractivity contribution in [2.45, 2.75) is 123 Å². The maximum absolute atomic E-state index is 13.0. The van der Waals surface area contributed by atoms with Gasteiger partial charge in [0.1, 0.15) is 6.10 Å². The van der Waals surface area contributed by atoms with Gasteiger partial charge in [0.15, 0.2) is 0 Å². The number of esters is 2. The van der Waals surface area contributed by atoms with Crippen LogP contribution in [0.15, 0.2) is 18.2 Å². The number of carbonyl (C=O) groups is 2. The van der Waals surface area contributed by atoms with E-state index in [4.69, 9.17) is 9.47 Å². The third-order valence-corrected chi connectivity index (χ3v) is 6.43. The molecule has 1 aliphatic rings. The number of ether oxygens (including phenoxy) is 2. The summed E-state index contributed by atoms with van der Waals surface area (Å²) in [6.45, 7) is 4.84. The van der Waals surface area contributed by atoms with Gasteiger partial charge < -0.3 is 9.47 Å². The second-order valence-electron chi connectivity index (χ2n) is 9.22. The Morgan fingerprint density at radius 2 is 1.44 bits per heavy atom. The van der Waals surface area contributed by atoms with Crippen LogP contribution in [-0.2, 0) is 15.9 Å². The van der Waals surface area contributed by atoms with Crippen LogP contribution in [0, 0.1) is 0 Å². The molecule has 4 nitrogen and oxygen atoms in total. The molecule has 0 bridgehead atoms. The van der Waals surface area contributed by atoms with Crippen molar-refractivity contribution in [1.29, 1.82) is 0 Å². The minimum absolute atomic E-state index is 0.00304. The minimum atomic E-state index is -0.383. The molecule has 4 heteroatoms. The maximum atomic E-state index is 13.0. The van der Waals surface area contributed by atoms with Gasteiger partial charge in [-0.1, -0.05) is 90.2 Å². The van der Waals surface area contributed by atoms with Crippen LogP contribution >= 0.6 is 0 Å². The number of hydrogen-bond acceptors (Lipinski definition) is 4. The monoisotopic (exact) mass is 444 g/mol. The highest BCUT2D eigenvalue weighted by molar-refractivity contribution is 6.04. The summed E-state index contributed by atoms with van der Waals surface area (Å²) >= 11 is 0. The zero-order valence-electron chi connectivity index (χ0n) is 20.5. The zero-order chi connectivity index (χ0) is 23.0. The number of rotatable bonds is 17. The van der Waals surface area contributed by atoms with E-state index in [9.17, 15) is 9.59 Å². The van der Waals surface area contributed by atoms with Gasteiger partial charge in [-0.3, -0.25) is 0 Å². The van der Waals surface area contributed by atoms with Crippen LogP contribution in [0.3, 0.4) is 0 Å². The van der Waals surface area contributed by atoms with Gasteiger partial charge in [0.25, 0.3) is 0 Å². The number of carbonyl (C=O) groups excluding carboxylic acids is 2. The fraction of sp³-hybridized carbons (Fsp3) is 0.714. The van der Waals surface area contributed by atoms with E-state index >= 15 is 0 Å². The summed E-state index contributed by atoms with van der Waals surface area (Å²) in [5.41, 5.74) is 1.71. The van der Waals surface area contributed by atoms with E-state index in [0.29, 0.717) is 17.7 Å². The lowest BCUT2D eigenvalue weighted by molar-refractivity contribution is 0.00846. The molecule has 0 saturated heterocycles. The smallest absolute Gasteiger partial charge is 0.339 e. The largest absolute Gasteiger partial charge is 0.462 e. The second kappa shape index (κ2) is 15.9. The van der Waals surface area contributed by atoms with Crippen LogP contribution in [0.25, 0.3) is 0 Å². The number of hydrogen-bond donors (Lipinski definition) is 0. The van der Waals surface area contributed by atoms with Crippen molar-refractivity contribution in [2.75, 3.05) is 6.61 Å². The standard InChI is InChI=1S/C28H44O4/c1-3-5-7-9-11-13-17-23-18-15-21-25(27(29)32-24-19-16-20-24)26(23)28(30)31-22-14-12-10-8-6-4-2/h15,18,21,24H,3-14,16-17,19-20,22H2,1-2H3. The zero-order valence-corrected chi connectivity index (χ0v) is 20.5. The van der Waals surface area contributed by atoms with E-state index in [-0.39, 0.29) is 18.0 Å². The molecule has 0 unspecified atom stereocenters. The first-order valence-corrected chi connectivity index (χ1v) is 13.2. The molecule has 180 valence electrons. The van der Waals surface area contributed by atoms with E-state index in [0.717, 1.165) is 56.9 Å². The van der Waals surface area contributed by atoms with Crippen molar-refractivity contribution in [3.05, 3.63) is 34.9 Å². The van der Waals surface area contributed by atoms with E-state index < -0.39 is 0 Å². The number of unbranched alkanes of at least 4 members (excludes halogenated alkanes) is 10. The molecule has 0 spiro atoms. The normalized spacial score (nSPS) is 13.6. The Labute approximate surface area is 195 Å². The third-order valence-electron chi connectivity index (χ3n) is 6.43. The number of aryl methyl sites for hydroxylation is 1. The molecule has 1 aromatic rings. The maximum Gasteiger partial charge on any atom is 0.339 e. The van der Waals surface area contributed by atoms with E-state index in [1.165, 1.54) is 51.4 Å². The van der Waals surface area contributed by atoms with Gasteiger partial charge in [-0.25, -0.2) is 9.59 Å². The summed E-state index contributed by atoms with van der Waals surface area (Å²) in [4.78, 5) is 25.9. The van der Waals surface area contributed by atoms with Crippen LogP contribution < -0.4 is 0 Å². The molecular weight excluding hydrogens is 400 g/mol. The highest BCUT2D eigenvalue weighted by atomic mass is 16.5. The Bertz CT molecular complexity index is 678. The van der Waals surface area contributed by atoms with Gasteiger partial charge >= 0.3 is 11.9 Å². The van der Waals surface area contributed by atoms with Crippen molar-refractivity contribution in [3.63, 3.8) is 0 Å².